The number of aliphatic hydroxyl groups is 1. The summed E-state index contributed by atoms with van der Waals surface area (Å²) in [6, 6.07) is 0. The molecule has 0 heterocycles. The average Bonchev–Trinajstić information content (AvgIpc) is 2.82. The van der Waals surface area contributed by atoms with Gasteiger partial charge in [-0.3, -0.25) is 4.79 Å². The Bertz CT molecular complexity index is 524. The number of rotatable bonds is 3. The van der Waals surface area contributed by atoms with Crippen molar-refractivity contribution in [2.45, 2.75) is 71.5 Å². The summed E-state index contributed by atoms with van der Waals surface area (Å²) in [5.74, 6) is 0.356. The Hall–Kier alpha value is -0.710. The Kier molecular flexibility index (Phi) is 4.93. The van der Waals surface area contributed by atoms with Crippen LogP contribution in [0.5, 0.6) is 0 Å². The zero-order valence-corrected chi connectivity index (χ0v) is 15.5. The van der Waals surface area contributed by atoms with Crippen LogP contribution in [0.15, 0.2) is 11.6 Å². The molecule has 0 aromatic carbocycles. The Morgan fingerprint density at radius 1 is 1.25 bits per heavy atom. The predicted molar refractivity (Wildman–Crippen MR) is 92.4 cm³/mol. The molecule has 0 spiro atoms. The Balaban J connectivity index is 2.05. The van der Waals surface area contributed by atoms with Gasteiger partial charge in [0.05, 0.1) is 6.10 Å². The number of allylic oxidation sites excluding steroid dienone is 2. The van der Waals surface area contributed by atoms with Crippen LogP contribution in [-0.4, -0.2) is 37.0 Å². The molecule has 1 N–H and O–H groups in total. The van der Waals surface area contributed by atoms with E-state index in [9.17, 15) is 9.90 Å². The minimum Gasteiger partial charge on any atom is -0.393 e. The van der Waals surface area contributed by atoms with E-state index in [0.29, 0.717) is 0 Å². The van der Waals surface area contributed by atoms with Crippen molar-refractivity contribution in [1.82, 2.24) is 0 Å². The van der Waals surface area contributed by atoms with Crippen LogP contribution in [0.1, 0.15) is 59.3 Å². The van der Waals surface area contributed by atoms with Gasteiger partial charge < -0.3 is 14.6 Å². The number of hydrogen-bond donors (Lipinski definition) is 1. The van der Waals surface area contributed by atoms with Crippen molar-refractivity contribution >= 4 is 5.78 Å². The van der Waals surface area contributed by atoms with E-state index in [-0.39, 0.29) is 29.8 Å². The maximum Gasteiger partial charge on any atom is 0.168 e. The lowest BCUT2D eigenvalue weighted by Gasteiger charge is -2.45. The Morgan fingerprint density at radius 2 is 2.00 bits per heavy atom. The first-order valence-corrected chi connectivity index (χ1v) is 9.35. The number of carbonyl (C=O) groups is 1. The molecule has 2 bridgehead atoms. The minimum atomic E-state index is -0.506. The molecule has 3 aliphatic carbocycles. The quantitative estimate of drug-likeness (QED) is 0.633. The van der Waals surface area contributed by atoms with Crippen LogP contribution in [0, 0.1) is 22.7 Å². The van der Waals surface area contributed by atoms with Crippen molar-refractivity contribution in [3.63, 3.8) is 0 Å². The van der Waals surface area contributed by atoms with Gasteiger partial charge in [0.15, 0.2) is 5.78 Å². The predicted octanol–water partition coefficient (Wildman–Crippen LogP) is 3.48. The first kappa shape index (κ1) is 18.1. The summed E-state index contributed by atoms with van der Waals surface area (Å²) in [6.45, 7) is 6.67. The molecule has 0 amide bonds. The number of ketones is 1. The van der Waals surface area contributed by atoms with Crippen LogP contribution in [0.4, 0.5) is 0 Å². The summed E-state index contributed by atoms with van der Waals surface area (Å²) in [6.07, 6.45) is 6.84. The van der Waals surface area contributed by atoms with Gasteiger partial charge >= 0.3 is 0 Å². The summed E-state index contributed by atoms with van der Waals surface area (Å²) in [7, 11) is 1.60. The van der Waals surface area contributed by atoms with Gasteiger partial charge in [0, 0.05) is 24.4 Å². The summed E-state index contributed by atoms with van der Waals surface area (Å²) in [5.41, 5.74) is 0.879. The third-order valence-electron chi connectivity index (χ3n) is 7.13. The number of methoxy groups -OCH3 is 1. The first-order valence-electron chi connectivity index (χ1n) is 9.35. The molecule has 5 atom stereocenters. The Labute approximate surface area is 145 Å². The van der Waals surface area contributed by atoms with Gasteiger partial charge in [0.25, 0.3) is 0 Å². The molecule has 4 nitrogen and oxygen atoms in total. The second-order valence-corrected chi connectivity index (χ2v) is 8.67. The molecule has 0 aromatic rings. The molecule has 2 fully saturated rings. The van der Waals surface area contributed by atoms with Crippen LogP contribution in [0.3, 0.4) is 0 Å². The lowest BCUT2D eigenvalue weighted by Crippen LogP contribution is -2.52. The molecule has 2 saturated carbocycles. The SMILES string of the molecule is COCO[C@H]1C(=O)[C@]2(C)CCC[C@H](O)[C@@H]2C/C=C2\CC[C@H]1C2(C)C. The van der Waals surface area contributed by atoms with Gasteiger partial charge in [-0.1, -0.05) is 32.4 Å². The first-order chi connectivity index (χ1) is 11.3. The van der Waals surface area contributed by atoms with Crippen molar-refractivity contribution in [1.29, 1.82) is 0 Å². The highest BCUT2D eigenvalue weighted by atomic mass is 16.7. The van der Waals surface area contributed by atoms with Crippen molar-refractivity contribution in [2.24, 2.45) is 22.7 Å². The normalized spacial score (nSPS) is 44.0. The monoisotopic (exact) mass is 336 g/mol. The number of ether oxygens (including phenoxy) is 2. The number of Topliss-reactive ketones (excluding diaryl/α,β-unsaturated/α-hetero) is 1. The van der Waals surface area contributed by atoms with Crippen LogP contribution in [0.2, 0.25) is 0 Å². The van der Waals surface area contributed by atoms with E-state index in [1.807, 2.05) is 0 Å². The fraction of sp³-hybridized carbons (Fsp3) is 0.850. The standard InChI is InChI=1S/C20H32O4/c1-19(2)13-7-9-14-16(21)6-5-11-20(14,3)18(22)17(24-12-23-4)15(19)10-8-13/h7,14-17,21H,5-6,8-12H2,1-4H3/b13-7+/t14-,15+,16-,17+,20+/m0/s1. The number of aliphatic hydroxyl groups excluding tert-OH is 1. The molecule has 3 rings (SSSR count). The van der Waals surface area contributed by atoms with Crippen molar-refractivity contribution < 1.29 is 19.4 Å². The third kappa shape index (κ3) is 2.77. The van der Waals surface area contributed by atoms with Crippen LogP contribution >= 0.6 is 0 Å². The number of fused-ring (bicyclic) bond motifs is 3. The van der Waals surface area contributed by atoms with E-state index in [1.54, 1.807) is 7.11 Å². The molecule has 0 unspecified atom stereocenters. The van der Waals surface area contributed by atoms with E-state index >= 15 is 0 Å². The molecule has 136 valence electrons. The van der Waals surface area contributed by atoms with E-state index in [2.05, 4.69) is 26.8 Å². The maximum atomic E-state index is 13.6. The second-order valence-electron chi connectivity index (χ2n) is 8.67. The smallest absolute Gasteiger partial charge is 0.168 e. The summed E-state index contributed by atoms with van der Waals surface area (Å²) >= 11 is 0. The second kappa shape index (κ2) is 6.54. The zero-order valence-electron chi connectivity index (χ0n) is 15.5. The van der Waals surface area contributed by atoms with E-state index in [1.165, 1.54) is 5.57 Å². The van der Waals surface area contributed by atoms with Crippen molar-refractivity contribution in [3.05, 3.63) is 11.6 Å². The fourth-order valence-electron chi connectivity index (χ4n) is 5.45. The average molecular weight is 336 g/mol. The highest BCUT2D eigenvalue weighted by Gasteiger charge is 2.55. The Morgan fingerprint density at radius 3 is 2.71 bits per heavy atom. The maximum absolute atomic E-state index is 13.6. The molecule has 0 aromatic heterocycles. The molecular weight excluding hydrogens is 304 g/mol. The third-order valence-corrected chi connectivity index (χ3v) is 7.13. The molecule has 3 aliphatic rings. The molecule has 0 aliphatic heterocycles. The molecule has 4 heteroatoms. The van der Waals surface area contributed by atoms with Gasteiger partial charge in [-0.2, -0.15) is 0 Å². The van der Waals surface area contributed by atoms with Gasteiger partial charge in [-0.25, -0.2) is 0 Å². The molecule has 0 saturated heterocycles. The summed E-state index contributed by atoms with van der Waals surface area (Å²) in [5, 5.41) is 10.6. The topological polar surface area (TPSA) is 55.8 Å². The van der Waals surface area contributed by atoms with E-state index in [0.717, 1.165) is 38.5 Å². The number of carbonyl (C=O) groups excluding carboxylic acids is 1. The van der Waals surface area contributed by atoms with Crippen LogP contribution < -0.4 is 0 Å². The lowest BCUT2D eigenvalue weighted by atomic mass is 9.60. The molecule has 0 radical (unpaired) electrons. The van der Waals surface area contributed by atoms with Crippen molar-refractivity contribution in [2.75, 3.05) is 13.9 Å². The zero-order chi connectivity index (χ0) is 17.5. The van der Waals surface area contributed by atoms with E-state index < -0.39 is 17.6 Å². The summed E-state index contributed by atoms with van der Waals surface area (Å²) in [4.78, 5) is 13.6. The highest BCUT2D eigenvalue weighted by Crippen LogP contribution is 2.54. The van der Waals surface area contributed by atoms with Gasteiger partial charge in [-0.15, -0.1) is 0 Å². The van der Waals surface area contributed by atoms with Crippen LogP contribution in [-0.2, 0) is 14.3 Å². The van der Waals surface area contributed by atoms with Crippen LogP contribution in [0.25, 0.3) is 0 Å². The van der Waals surface area contributed by atoms with Gasteiger partial charge in [0.2, 0.25) is 0 Å². The van der Waals surface area contributed by atoms with Gasteiger partial charge in [0.1, 0.15) is 12.9 Å². The molecule has 24 heavy (non-hydrogen) atoms. The number of hydrogen-bond acceptors (Lipinski definition) is 4. The fourth-order valence-corrected chi connectivity index (χ4v) is 5.45. The van der Waals surface area contributed by atoms with Crippen molar-refractivity contribution in [3.8, 4) is 0 Å². The summed E-state index contributed by atoms with van der Waals surface area (Å²) < 4.78 is 11.1. The highest BCUT2D eigenvalue weighted by molar-refractivity contribution is 5.89. The lowest BCUT2D eigenvalue weighted by molar-refractivity contribution is -0.166. The van der Waals surface area contributed by atoms with E-state index in [4.69, 9.17) is 9.47 Å². The van der Waals surface area contributed by atoms with Gasteiger partial charge in [-0.05, 0) is 43.9 Å². The molecular formula is C20H32O4. The largest absolute Gasteiger partial charge is 0.393 e. The minimum absolute atomic E-state index is 0.00459.